The summed E-state index contributed by atoms with van der Waals surface area (Å²) in [7, 11) is 3.42. The Morgan fingerprint density at radius 2 is 1.05 bits per heavy atom. The molecule has 0 saturated heterocycles. The van der Waals surface area contributed by atoms with Crippen LogP contribution >= 0.6 is 7.92 Å². The van der Waals surface area contributed by atoms with E-state index in [4.69, 9.17) is 9.47 Å². The number of hydrogen-bond donors (Lipinski definition) is 0. The van der Waals surface area contributed by atoms with Crippen molar-refractivity contribution in [2.45, 2.75) is 162 Å². The maximum atomic E-state index is 5.94. The minimum Gasteiger partial charge on any atom is -0.380 e. The van der Waals surface area contributed by atoms with Crippen LogP contribution in [0, 0.1) is 13.8 Å². The number of ether oxygens (including phenoxy) is 2. The summed E-state index contributed by atoms with van der Waals surface area (Å²) in [4.78, 5) is 0. The third kappa shape index (κ3) is 7.03. The molecule has 3 heteroatoms. The minimum absolute atomic E-state index is 0.302. The van der Waals surface area contributed by atoms with Crippen molar-refractivity contribution in [2.24, 2.45) is 0 Å². The summed E-state index contributed by atoms with van der Waals surface area (Å²) in [6.07, 6.45) is 14.1. The van der Waals surface area contributed by atoms with Gasteiger partial charge >= 0.3 is 0 Å². The van der Waals surface area contributed by atoms with Gasteiger partial charge in [0.1, 0.15) is 0 Å². The van der Waals surface area contributed by atoms with E-state index in [0.29, 0.717) is 31.0 Å². The molecule has 0 amide bonds. The van der Waals surface area contributed by atoms with Crippen LogP contribution in [0.25, 0.3) is 11.1 Å². The molecule has 2 fully saturated rings. The molecule has 2 aromatic rings. The van der Waals surface area contributed by atoms with Crippen molar-refractivity contribution >= 4 is 13.2 Å². The summed E-state index contributed by atoms with van der Waals surface area (Å²) in [6.45, 7) is 20.5. The number of hydrogen-bond acceptors (Lipinski definition) is 2. The molecule has 2 aromatic carbocycles. The second-order valence-electron chi connectivity index (χ2n) is 14.3. The summed E-state index contributed by atoms with van der Waals surface area (Å²) in [5, 5.41) is 1.74. The van der Waals surface area contributed by atoms with Crippen molar-refractivity contribution in [3.63, 3.8) is 0 Å². The van der Waals surface area contributed by atoms with Gasteiger partial charge in [0, 0.05) is 14.2 Å². The highest BCUT2D eigenvalue weighted by Crippen LogP contribution is 2.58. The molecular weight excluding hydrogens is 531 g/mol. The Morgan fingerprint density at radius 1 is 0.619 bits per heavy atom. The summed E-state index contributed by atoms with van der Waals surface area (Å²) in [5.74, 6) is 1.44. The molecule has 0 spiro atoms. The van der Waals surface area contributed by atoms with Gasteiger partial charge < -0.3 is 9.47 Å². The molecule has 0 aromatic heterocycles. The van der Waals surface area contributed by atoms with Crippen molar-refractivity contribution in [3.8, 4) is 11.1 Å². The van der Waals surface area contributed by atoms with Gasteiger partial charge in [-0.05, 0) is 124 Å². The van der Waals surface area contributed by atoms with Gasteiger partial charge in [-0.15, -0.1) is 0 Å². The Bertz CT molecular complexity index is 1130. The zero-order chi connectivity index (χ0) is 30.6. The van der Waals surface area contributed by atoms with E-state index in [9.17, 15) is 0 Å². The van der Waals surface area contributed by atoms with Crippen LogP contribution in [0.3, 0.4) is 0 Å². The van der Waals surface area contributed by atoms with Crippen molar-refractivity contribution < 1.29 is 9.47 Å². The van der Waals surface area contributed by atoms with E-state index in [1.807, 2.05) is 14.2 Å². The van der Waals surface area contributed by atoms with E-state index in [0.717, 1.165) is 11.3 Å². The van der Waals surface area contributed by atoms with Crippen molar-refractivity contribution in [1.29, 1.82) is 0 Å². The molecule has 0 bridgehead atoms. The standard InChI is InChI=1S/C39H61O2P/c1-25(2)30-21-33(26(3)4)38(34(22-30)27(5)6)37-28(7)35(23-40-9)36(24-41-10)29(8)39(37)42(31-17-13-11-14-18-31)32-19-15-12-16-20-32/h21-22,25-27,31-32H,11-20,23-24H2,1-10H3. The smallest absolute Gasteiger partial charge is 0.0719 e. The first-order chi connectivity index (χ1) is 20.1. The molecule has 0 heterocycles. The van der Waals surface area contributed by atoms with Gasteiger partial charge in [0.05, 0.1) is 13.2 Å². The lowest BCUT2D eigenvalue weighted by atomic mass is 9.79. The first-order valence-electron chi connectivity index (χ1n) is 17.2. The Kier molecular flexibility index (Phi) is 12.2. The molecule has 0 unspecified atom stereocenters. The van der Waals surface area contributed by atoms with Gasteiger partial charge in [0.25, 0.3) is 0 Å². The van der Waals surface area contributed by atoms with E-state index in [1.54, 1.807) is 27.6 Å². The average molecular weight is 593 g/mol. The number of methoxy groups -OCH3 is 2. The predicted molar refractivity (Wildman–Crippen MR) is 185 cm³/mol. The van der Waals surface area contributed by atoms with E-state index >= 15 is 0 Å². The van der Waals surface area contributed by atoms with Crippen molar-refractivity contribution in [3.05, 3.63) is 51.1 Å². The predicted octanol–water partition coefficient (Wildman–Crippen LogP) is 11.4. The SMILES string of the molecule is COCc1c(C)c(-c2c(C(C)C)cc(C(C)C)cc2C(C)C)c(P(C2CCCCC2)C2CCCCC2)c(C)c1COC. The Balaban J connectivity index is 2.17. The molecule has 0 aliphatic heterocycles. The van der Waals surface area contributed by atoms with E-state index < -0.39 is 0 Å². The largest absolute Gasteiger partial charge is 0.380 e. The second-order valence-corrected chi connectivity index (χ2v) is 17.0. The molecule has 2 saturated carbocycles. The maximum absolute atomic E-state index is 5.94. The van der Waals surface area contributed by atoms with Crippen LogP contribution in [0.15, 0.2) is 12.1 Å². The molecule has 0 atom stereocenters. The fourth-order valence-electron chi connectivity index (χ4n) is 8.05. The van der Waals surface area contributed by atoms with Gasteiger partial charge in [-0.25, -0.2) is 0 Å². The molecule has 234 valence electrons. The third-order valence-electron chi connectivity index (χ3n) is 10.4. The third-order valence-corrected chi connectivity index (χ3v) is 14.1. The molecule has 4 rings (SSSR count). The molecular formula is C39H61O2P. The molecule has 0 radical (unpaired) electrons. The van der Waals surface area contributed by atoms with Gasteiger partial charge in [-0.1, -0.05) is 100 Å². The molecule has 2 aliphatic rings. The van der Waals surface area contributed by atoms with Crippen LogP contribution in [0.2, 0.25) is 0 Å². The maximum Gasteiger partial charge on any atom is 0.0719 e. The zero-order valence-electron chi connectivity index (χ0n) is 28.8. The van der Waals surface area contributed by atoms with Crippen molar-refractivity contribution in [2.75, 3.05) is 14.2 Å². The highest BCUT2D eigenvalue weighted by atomic mass is 31.1. The summed E-state index contributed by atoms with van der Waals surface area (Å²) < 4.78 is 11.9. The molecule has 2 aliphatic carbocycles. The monoisotopic (exact) mass is 592 g/mol. The Hall–Kier alpha value is -1.21. The quantitative estimate of drug-likeness (QED) is 0.242. The number of rotatable bonds is 11. The van der Waals surface area contributed by atoms with E-state index in [2.05, 4.69) is 67.5 Å². The molecule has 2 nitrogen and oxygen atoms in total. The topological polar surface area (TPSA) is 18.5 Å². The first kappa shape index (κ1) is 33.7. The van der Waals surface area contributed by atoms with Gasteiger partial charge in [0.2, 0.25) is 0 Å². The lowest BCUT2D eigenvalue weighted by Gasteiger charge is -2.42. The molecule has 42 heavy (non-hydrogen) atoms. The van der Waals surface area contributed by atoms with Crippen LogP contribution < -0.4 is 5.30 Å². The average Bonchev–Trinajstić information content (AvgIpc) is 2.98. The fourth-order valence-corrected chi connectivity index (χ4v) is 12.3. The van der Waals surface area contributed by atoms with Crippen LogP contribution in [0.5, 0.6) is 0 Å². The highest BCUT2D eigenvalue weighted by Gasteiger charge is 2.37. The Labute approximate surface area is 260 Å². The summed E-state index contributed by atoms with van der Waals surface area (Å²) in [5.41, 5.74) is 15.1. The van der Waals surface area contributed by atoms with Gasteiger partial charge in [0.15, 0.2) is 0 Å². The van der Waals surface area contributed by atoms with Crippen LogP contribution in [0.4, 0.5) is 0 Å². The fraction of sp³-hybridized carbons (Fsp3) is 0.692. The Morgan fingerprint density at radius 3 is 1.43 bits per heavy atom. The van der Waals surface area contributed by atoms with Crippen LogP contribution in [0.1, 0.15) is 162 Å². The zero-order valence-corrected chi connectivity index (χ0v) is 29.7. The summed E-state index contributed by atoms with van der Waals surface area (Å²) >= 11 is 0. The first-order valence-corrected chi connectivity index (χ1v) is 18.7. The summed E-state index contributed by atoms with van der Waals surface area (Å²) in [6, 6.07) is 5.13. The van der Waals surface area contributed by atoms with Gasteiger partial charge in [-0.2, -0.15) is 0 Å². The lowest BCUT2D eigenvalue weighted by molar-refractivity contribution is 0.167. The lowest BCUT2D eigenvalue weighted by Crippen LogP contribution is -2.30. The highest BCUT2D eigenvalue weighted by molar-refractivity contribution is 7.67. The second kappa shape index (κ2) is 15.2. The van der Waals surface area contributed by atoms with E-state index in [-0.39, 0.29) is 7.92 Å². The van der Waals surface area contributed by atoms with E-state index in [1.165, 1.54) is 92.0 Å². The normalized spacial score (nSPS) is 17.4. The van der Waals surface area contributed by atoms with Crippen LogP contribution in [-0.2, 0) is 22.7 Å². The van der Waals surface area contributed by atoms with Gasteiger partial charge in [-0.3, -0.25) is 0 Å². The minimum atomic E-state index is -0.302. The molecule has 0 N–H and O–H groups in total. The number of benzene rings is 2. The van der Waals surface area contributed by atoms with Crippen LogP contribution in [-0.4, -0.2) is 25.5 Å². The van der Waals surface area contributed by atoms with Crippen molar-refractivity contribution in [1.82, 2.24) is 0 Å².